The number of rotatable bonds is 3. The van der Waals surface area contributed by atoms with Crippen molar-refractivity contribution in [2.45, 2.75) is 12.8 Å². The Morgan fingerprint density at radius 3 is 2.72 bits per heavy atom. The highest BCUT2D eigenvalue weighted by Gasteiger charge is 2.41. The van der Waals surface area contributed by atoms with E-state index >= 15 is 0 Å². The summed E-state index contributed by atoms with van der Waals surface area (Å²) in [7, 11) is 0. The fourth-order valence-electron chi connectivity index (χ4n) is 4.31. The quantitative estimate of drug-likeness (QED) is 0.824. The summed E-state index contributed by atoms with van der Waals surface area (Å²) in [4.78, 5) is 19.3. The van der Waals surface area contributed by atoms with Crippen LogP contribution in [0.3, 0.4) is 0 Å². The second kappa shape index (κ2) is 7.14. The van der Waals surface area contributed by atoms with E-state index in [0.29, 0.717) is 12.0 Å². The summed E-state index contributed by atoms with van der Waals surface area (Å²) in [5.41, 5.74) is 1.47. The summed E-state index contributed by atoms with van der Waals surface area (Å²) in [6.07, 6.45) is 2.32. The van der Waals surface area contributed by atoms with Gasteiger partial charge in [0.25, 0.3) is 0 Å². The van der Waals surface area contributed by atoms with Crippen LogP contribution in [0.15, 0.2) is 24.3 Å². The minimum atomic E-state index is 0.265. The van der Waals surface area contributed by atoms with Crippen LogP contribution in [0, 0.1) is 5.41 Å². The Morgan fingerprint density at radius 1 is 1.16 bits per heavy atom. The Labute approximate surface area is 154 Å². The monoisotopic (exact) mass is 363 g/mol. The molecule has 0 aromatic heterocycles. The molecule has 0 saturated carbocycles. The van der Waals surface area contributed by atoms with Crippen molar-refractivity contribution in [3.8, 4) is 0 Å². The van der Waals surface area contributed by atoms with Gasteiger partial charge in [-0.3, -0.25) is 9.69 Å². The molecule has 25 heavy (non-hydrogen) atoms. The van der Waals surface area contributed by atoms with E-state index in [4.69, 9.17) is 16.3 Å². The van der Waals surface area contributed by atoms with E-state index < -0.39 is 0 Å². The Balaban J connectivity index is 1.27. The van der Waals surface area contributed by atoms with E-state index in [9.17, 15) is 4.79 Å². The van der Waals surface area contributed by atoms with Crippen LogP contribution in [0.25, 0.3) is 0 Å². The first-order chi connectivity index (χ1) is 12.1. The second-order valence-electron chi connectivity index (χ2n) is 7.61. The normalized spacial score (nSPS) is 27.4. The highest BCUT2D eigenvalue weighted by atomic mass is 35.5. The molecule has 1 aromatic carbocycles. The maximum atomic E-state index is 12.7. The first kappa shape index (κ1) is 17.1. The van der Waals surface area contributed by atoms with Crippen LogP contribution in [0.4, 0.5) is 5.69 Å². The van der Waals surface area contributed by atoms with Crippen molar-refractivity contribution < 1.29 is 9.53 Å². The van der Waals surface area contributed by atoms with Gasteiger partial charge in [-0.2, -0.15) is 0 Å². The van der Waals surface area contributed by atoms with Crippen LogP contribution in [-0.4, -0.2) is 74.7 Å². The van der Waals surface area contributed by atoms with Crippen LogP contribution in [-0.2, 0) is 9.53 Å². The lowest BCUT2D eigenvalue weighted by molar-refractivity contribution is -0.132. The van der Waals surface area contributed by atoms with Gasteiger partial charge in [-0.25, -0.2) is 0 Å². The van der Waals surface area contributed by atoms with Crippen LogP contribution in [0.5, 0.6) is 0 Å². The molecule has 1 atom stereocenters. The number of benzene rings is 1. The van der Waals surface area contributed by atoms with E-state index in [1.807, 2.05) is 23.1 Å². The van der Waals surface area contributed by atoms with Gasteiger partial charge in [0.1, 0.15) is 0 Å². The van der Waals surface area contributed by atoms with Gasteiger partial charge in [0, 0.05) is 55.5 Å². The Bertz CT molecular complexity index is 625. The molecule has 0 N–H and O–H groups in total. The van der Waals surface area contributed by atoms with E-state index in [0.717, 1.165) is 69.6 Å². The summed E-state index contributed by atoms with van der Waals surface area (Å²) >= 11 is 6.08. The molecule has 6 heteroatoms. The van der Waals surface area contributed by atoms with E-state index in [-0.39, 0.29) is 5.91 Å². The highest BCUT2D eigenvalue weighted by molar-refractivity contribution is 6.30. The number of nitrogens with zero attached hydrogens (tertiary/aromatic N) is 3. The summed E-state index contributed by atoms with van der Waals surface area (Å²) in [6.45, 7) is 7.65. The van der Waals surface area contributed by atoms with Crippen LogP contribution in [0.2, 0.25) is 5.02 Å². The average molecular weight is 364 g/mol. The molecule has 1 unspecified atom stereocenters. The largest absolute Gasteiger partial charge is 0.381 e. The maximum absolute atomic E-state index is 12.7. The van der Waals surface area contributed by atoms with Gasteiger partial charge in [-0.05, 0) is 37.6 Å². The van der Waals surface area contributed by atoms with Gasteiger partial charge >= 0.3 is 0 Å². The van der Waals surface area contributed by atoms with Crippen molar-refractivity contribution in [1.29, 1.82) is 0 Å². The standard InChI is InChI=1S/C19H26ClN3O2/c20-16-2-1-3-17(12-16)22-7-9-23(10-8-22)18(24)13-21-6-4-19(14-21)5-11-25-15-19/h1-3,12H,4-11,13-15H2. The predicted octanol–water partition coefficient (Wildman–Crippen LogP) is 2.10. The SMILES string of the molecule is O=C(CN1CCC2(CCOC2)C1)N1CCN(c2cccc(Cl)c2)CC1. The molecule has 0 bridgehead atoms. The molecule has 136 valence electrons. The summed E-state index contributed by atoms with van der Waals surface area (Å²) < 4.78 is 5.58. The van der Waals surface area contributed by atoms with Gasteiger partial charge in [-0.15, -0.1) is 0 Å². The number of carbonyl (C=O) groups excluding carboxylic acids is 1. The van der Waals surface area contributed by atoms with E-state index in [2.05, 4.69) is 15.9 Å². The van der Waals surface area contributed by atoms with Crippen molar-refractivity contribution in [1.82, 2.24) is 9.80 Å². The Hall–Kier alpha value is -1.30. The van der Waals surface area contributed by atoms with Gasteiger partial charge in [-0.1, -0.05) is 17.7 Å². The molecule has 3 fully saturated rings. The molecule has 1 aromatic rings. The van der Waals surface area contributed by atoms with Crippen LogP contribution >= 0.6 is 11.6 Å². The second-order valence-corrected chi connectivity index (χ2v) is 8.05. The third-order valence-electron chi connectivity index (χ3n) is 5.87. The number of piperazine rings is 1. The third kappa shape index (κ3) is 3.78. The van der Waals surface area contributed by atoms with Crippen molar-refractivity contribution in [3.63, 3.8) is 0 Å². The van der Waals surface area contributed by atoms with Crippen LogP contribution in [0.1, 0.15) is 12.8 Å². The number of hydrogen-bond donors (Lipinski definition) is 0. The van der Waals surface area contributed by atoms with Gasteiger partial charge in [0.15, 0.2) is 0 Å². The fraction of sp³-hybridized carbons (Fsp3) is 0.632. The molecular weight excluding hydrogens is 338 g/mol. The van der Waals surface area contributed by atoms with E-state index in [1.54, 1.807) is 0 Å². The molecule has 3 aliphatic rings. The lowest BCUT2D eigenvalue weighted by atomic mass is 9.87. The number of likely N-dealkylation sites (tertiary alicyclic amines) is 1. The van der Waals surface area contributed by atoms with Crippen molar-refractivity contribution >= 4 is 23.2 Å². The average Bonchev–Trinajstić information content (AvgIpc) is 3.25. The smallest absolute Gasteiger partial charge is 0.236 e. The molecule has 0 radical (unpaired) electrons. The van der Waals surface area contributed by atoms with Crippen molar-refractivity contribution in [2.24, 2.45) is 5.41 Å². The van der Waals surface area contributed by atoms with Gasteiger partial charge < -0.3 is 14.5 Å². The third-order valence-corrected chi connectivity index (χ3v) is 6.10. The highest BCUT2D eigenvalue weighted by Crippen LogP contribution is 2.38. The molecule has 3 saturated heterocycles. The van der Waals surface area contributed by atoms with E-state index in [1.165, 1.54) is 6.42 Å². The Kier molecular flexibility index (Phi) is 4.89. The summed E-state index contributed by atoms with van der Waals surface area (Å²) in [5, 5.41) is 0.759. The van der Waals surface area contributed by atoms with Gasteiger partial charge in [0.05, 0.1) is 13.2 Å². The fourth-order valence-corrected chi connectivity index (χ4v) is 4.50. The molecule has 5 nitrogen and oxygen atoms in total. The first-order valence-electron chi connectivity index (χ1n) is 9.22. The summed E-state index contributed by atoms with van der Waals surface area (Å²) in [5.74, 6) is 0.265. The first-order valence-corrected chi connectivity index (χ1v) is 9.60. The number of hydrogen-bond acceptors (Lipinski definition) is 4. The number of anilines is 1. The van der Waals surface area contributed by atoms with Crippen molar-refractivity contribution in [2.75, 3.05) is 63.9 Å². The lowest BCUT2D eigenvalue weighted by Crippen LogP contribution is -2.51. The molecule has 1 amide bonds. The molecule has 3 heterocycles. The Morgan fingerprint density at radius 2 is 2.00 bits per heavy atom. The number of ether oxygens (including phenoxy) is 1. The molecule has 4 rings (SSSR count). The molecular formula is C19H26ClN3O2. The maximum Gasteiger partial charge on any atom is 0.236 e. The molecule has 1 spiro atoms. The zero-order valence-corrected chi connectivity index (χ0v) is 15.4. The number of carbonyl (C=O) groups is 1. The number of amides is 1. The zero-order chi connectivity index (χ0) is 17.3. The summed E-state index contributed by atoms with van der Waals surface area (Å²) in [6, 6.07) is 7.94. The molecule has 0 aliphatic carbocycles. The zero-order valence-electron chi connectivity index (χ0n) is 14.6. The van der Waals surface area contributed by atoms with Crippen LogP contribution < -0.4 is 4.90 Å². The van der Waals surface area contributed by atoms with Crippen molar-refractivity contribution in [3.05, 3.63) is 29.3 Å². The minimum absolute atomic E-state index is 0.265. The molecule has 3 aliphatic heterocycles. The lowest BCUT2D eigenvalue weighted by Gasteiger charge is -2.37. The number of halogens is 1. The topological polar surface area (TPSA) is 36.0 Å². The van der Waals surface area contributed by atoms with Gasteiger partial charge in [0.2, 0.25) is 5.91 Å². The minimum Gasteiger partial charge on any atom is -0.381 e. The predicted molar refractivity (Wildman–Crippen MR) is 99.2 cm³/mol.